The van der Waals surface area contributed by atoms with Crippen LogP contribution < -0.4 is 5.32 Å². The van der Waals surface area contributed by atoms with Crippen molar-refractivity contribution in [2.24, 2.45) is 0 Å². The van der Waals surface area contributed by atoms with Crippen molar-refractivity contribution in [3.05, 3.63) is 24.2 Å². The molecule has 2 aromatic heterocycles. The van der Waals surface area contributed by atoms with E-state index in [0.29, 0.717) is 6.61 Å². The Labute approximate surface area is 130 Å². The number of anilines is 1. The number of hydrogen-bond donors (Lipinski definition) is 1. The van der Waals surface area contributed by atoms with E-state index < -0.39 is 0 Å². The molecule has 5 nitrogen and oxygen atoms in total. The number of nitrogens with zero attached hydrogens (tertiary/aromatic N) is 3. The summed E-state index contributed by atoms with van der Waals surface area (Å²) in [6.07, 6.45) is 4.44. The molecule has 116 valence electrons. The van der Waals surface area contributed by atoms with Gasteiger partial charge in [-0.2, -0.15) is 5.10 Å². The van der Waals surface area contributed by atoms with Crippen molar-refractivity contribution in [2.75, 3.05) is 25.6 Å². The van der Waals surface area contributed by atoms with Gasteiger partial charge in [-0.1, -0.05) is 20.8 Å². The van der Waals surface area contributed by atoms with Crippen molar-refractivity contribution in [3.8, 4) is 0 Å². The SMILES string of the molecule is COCC(Cl)CCNc1nccn2nc(C(C)(C)C)cc12. The summed E-state index contributed by atoms with van der Waals surface area (Å²) < 4.78 is 6.89. The molecule has 0 spiro atoms. The Bertz CT molecular complexity index is 591. The van der Waals surface area contributed by atoms with Crippen LogP contribution in [0.1, 0.15) is 32.9 Å². The van der Waals surface area contributed by atoms with Gasteiger partial charge < -0.3 is 10.1 Å². The molecule has 2 rings (SSSR count). The highest BCUT2D eigenvalue weighted by molar-refractivity contribution is 6.20. The van der Waals surface area contributed by atoms with Crippen LogP contribution in [0.4, 0.5) is 5.82 Å². The molecule has 0 amide bonds. The highest BCUT2D eigenvalue weighted by Crippen LogP contribution is 2.24. The molecular weight excluding hydrogens is 288 g/mol. The smallest absolute Gasteiger partial charge is 0.152 e. The number of methoxy groups -OCH3 is 1. The van der Waals surface area contributed by atoms with E-state index >= 15 is 0 Å². The van der Waals surface area contributed by atoms with Crippen molar-refractivity contribution < 1.29 is 4.74 Å². The van der Waals surface area contributed by atoms with Crippen LogP contribution in [0, 0.1) is 0 Å². The fourth-order valence-electron chi connectivity index (χ4n) is 2.04. The first kappa shape index (κ1) is 16.0. The molecular formula is C15H23ClN4O. The highest BCUT2D eigenvalue weighted by atomic mass is 35.5. The molecule has 0 radical (unpaired) electrons. The van der Waals surface area contributed by atoms with Crippen LogP contribution in [-0.4, -0.2) is 40.2 Å². The van der Waals surface area contributed by atoms with E-state index in [2.05, 4.69) is 42.2 Å². The first-order valence-electron chi connectivity index (χ1n) is 7.13. The largest absolute Gasteiger partial charge is 0.383 e. The van der Waals surface area contributed by atoms with E-state index in [1.54, 1.807) is 13.3 Å². The zero-order valence-electron chi connectivity index (χ0n) is 13.1. The number of halogens is 1. The predicted molar refractivity (Wildman–Crippen MR) is 86.3 cm³/mol. The first-order chi connectivity index (χ1) is 9.91. The number of ether oxygens (including phenoxy) is 1. The summed E-state index contributed by atoms with van der Waals surface area (Å²) in [5.41, 5.74) is 2.05. The van der Waals surface area contributed by atoms with E-state index in [-0.39, 0.29) is 10.8 Å². The average molecular weight is 311 g/mol. The average Bonchev–Trinajstić information content (AvgIpc) is 2.84. The highest BCUT2D eigenvalue weighted by Gasteiger charge is 2.19. The van der Waals surface area contributed by atoms with Gasteiger partial charge in [0.15, 0.2) is 5.82 Å². The van der Waals surface area contributed by atoms with Gasteiger partial charge in [-0.05, 0) is 12.5 Å². The van der Waals surface area contributed by atoms with Crippen LogP contribution in [0.25, 0.3) is 5.52 Å². The fourth-order valence-corrected chi connectivity index (χ4v) is 2.27. The Morgan fingerprint density at radius 3 is 2.86 bits per heavy atom. The second kappa shape index (κ2) is 6.62. The van der Waals surface area contributed by atoms with Gasteiger partial charge in [0.05, 0.1) is 17.7 Å². The summed E-state index contributed by atoms with van der Waals surface area (Å²) in [6, 6.07) is 2.09. The van der Waals surface area contributed by atoms with Crippen molar-refractivity contribution in [1.82, 2.24) is 14.6 Å². The van der Waals surface area contributed by atoms with Gasteiger partial charge in [0, 0.05) is 31.5 Å². The zero-order valence-corrected chi connectivity index (χ0v) is 13.8. The van der Waals surface area contributed by atoms with Crippen LogP contribution >= 0.6 is 11.6 Å². The topological polar surface area (TPSA) is 51.5 Å². The van der Waals surface area contributed by atoms with Crippen LogP contribution in [-0.2, 0) is 10.2 Å². The molecule has 2 heterocycles. The summed E-state index contributed by atoms with van der Waals surface area (Å²) in [6.45, 7) is 7.76. The molecule has 0 fully saturated rings. The van der Waals surface area contributed by atoms with Crippen LogP contribution in [0.2, 0.25) is 0 Å². The molecule has 0 aromatic carbocycles. The van der Waals surface area contributed by atoms with Gasteiger partial charge in [0.2, 0.25) is 0 Å². The Hall–Kier alpha value is -1.33. The third-order valence-electron chi connectivity index (χ3n) is 3.26. The lowest BCUT2D eigenvalue weighted by molar-refractivity contribution is 0.196. The van der Waals surface area contributed by atoms with Crippen molar-refractivity contribution in [1.29, 1.82) is 0 Å². The molecule has 0 aliphatic carbocycles. The molecule has 1 N–H and O–H groups in total. The summed E-state index contributed by atoms with van der Waals surface area (Å²) in [4.78, 5) is 4.40. The number of hydrogen-bond acceptors (Lipinski definition) is 4. The van der Waals surface area contributed by atoms with E-state index in [4.69, 9.17) is 16.3 Å². The minimum atomic E-state index is 0.0114. The van der Waals surface area contributed by atoms with Crippen molar-refractivity contribution >= 4 is 22.9 Å². The van der Waals surface area contributed by atoms with Gasteiger partial charge >= 0.3 is 0 Å². The van der Waals surface area contributed by atoms with Gasteiger partial charge in [0.1, 0.15) is 5.52 Å². The molecule has 0 saturated heterocycles. The van der Waals surface area contributed by atoms with Gasteiger partial charge in [0.25, 0.3) is 0 Å². The predicted octanol–water partition coefficient (Wildman–Crippen LogP) is 3.08. The summed E-state index contributed by atoms with van der Waals surface area (Å²) in [7, 11) is 1.66. The lowest BCUT2D eigenvalue weighted by Gasteiger charge is -2.13. The minimum Gasteiger partial charge on any atom is -0.383 e. The fraction of sp³-hybridized carbons (Fsp3) is 0.600. The van der Waals surface area contributed by atoms with Gasteiger partial charge in [-0.25, -0.2) is 9.50 Å². The lowest BCUT2D eigenvalue weighted by Crippen LogP contribution is -2.14. The number of alkyl halides is 1. The number of rotatable bonds is 6. The quantitative estimate of drug-likeness (QED) is 0.833. The van der Waals surface area contributed by atoms with Crippen LogP contribution in [0.15, 0.2) is 18.5 Å². The Kier molecular flexibility index (Phi) is 5.06. The maximum absolute atomic E-state index is 6.13. The van der Waals surface area contributed by atoms with Crippen molar-refractivity contribution in [2.45, 2.75) is 38.0 Å². The van der Waals surface area contributed by atoms with E-state index in [1.807, 2.05) is 10.7 Å². The summed E-state index contributed by atoms with van der Waals surface area (Å²) in [5.74, 6) is 0.835. The van der Waals surface area contributed by atoms with Crippen LogP contribution in [0.5, 0.6) is 0 Å². The Morgan fingerprint density at radius 2 is 2.19 bits per heavy atom. The lowest BCUT2D eigenvalue weighted by atomic mass is 9.92. The molecule has 1 atom stereocenters. The molecule has 1 unspecified atom stereocenters. The summed E-state index contributed by atoms with van der Waals surface area (Å²) >= 11 is 6.13. The maximum atomic E-state index is 6.13. The number of nitrogens with one attached hydrogen (secondary N) is 1. The Morgan fingerprint density at radius 1 is 1.43 bits per heavy atom. The molecule has 0 aliphatic heterocycles. The van der Waals surface area contributed by atoms with Gasteiger partial charge in [-0.3, -0.25) is 0 Å². The van der Waals surface area contributed by atoms with Crippen LogP contribution in [0.3, 0.4) is 0 Å². The first-order valence-corrected chi connectivity index (χ1v) is 7.57. The molecule has 0 aliphatic rings. The zero-order chi connectivity index (χ0) is 15.5. The third kappa shape index (κ3) is 4.08. The van der Waals surface area contributed by atoms with Gasteiger partial charge in [-0.15, -0.1) is 11.6 Å². The van der Waals surface area contributed by atoms with E-state index in [9.17, 15) is 0 Å². The number of fused-ring (bicyclic) bond motifs is 1. The summed E-state index contributed by atoms with van der Waals surface area (Å²) in [5, 5.41) is 7.95. The second-order valence-corrected chi connectivity index (χ2v) is 6.77. The minimum absolute atomic E-state index is 0.0114. The molecule has 0 bridgehead atoms. The monoisotopic (exact) mass is 310 g/mol. The van der Waals surface area contributed by atoms with E-state index in [0.717, 1.165) is 30.0 Å². The van der Waals surface area contributed by atoms with Crippen molar-refractivity contribution in [3.63, 3.8) is 0 Å². The second-order valence-electron chi connectivity index (χ2n) is 6.15. The molecule has 21 heavy (non-hydrogen) atoms. The number of aromatic nitrogens is 3. The molecule has 0 saturated carbocycles. The maximum Gasteiger partial charge on any atom is 0.152 e. The molecule has 6 heteroatoms. The normalized spacial score (nSPS) is 13.6. The third-order valence-corrected chi connectivity index (χ3v) is 3.60. The standard InChI is InChI=1S/C15H23ClN4O/c1-15(2,3)13-9-12-14(18-7-8-20(12)19-13)17-6-5-11(16)10-21-4/h7-9,11H,5-6,10H2,1-4H3,(H,17,18). The Balaban J connectivity index is 2.11. The van der Waals surface area contributed by atoms with E-state index in [1.165, 1.54) is 0 Å². The molecule has 2 aromatic rings.